The molecule has 2 nitrogen and oxygen atoms in total. The first-order chi connectivity index (χ1) is 8.40. The van der Waals surface area contributed by atoms with E-state index in [1.54, 1.807) is 0 Å². The molecule has 1 N–H and O–H groups in total. The van der Waals surface area contributed by atoms with E-state index in [1.807, 2.05) is 0 Å². The van der Waals surface area contributed by atoms with Crippen molar-refractivity contribution in [2.75, 3.05) is 26.2 Å². The number of likely N-dealkylation sites (tertiary alicyclic amines) is 1. The summed E-state index contributed by atoms with van der Waals surface area (Å²) in [6, 6.07) is 0.912. The highest BCUT2D eigenvalue weighted by Crippen LogP contribution is 2.22. The van der Waals surface area contributed by atoms with Crippen LogP contribution < -0.4 is 5.32 Å². The average Bonchev–Trinajstić information content (AvgIpc) is 2.85. The second-order valence-electron chi connectivity index (χ2n) is 5.98. The number of piperidine rings is 1. The molecule has 0 saturated carbocycles. The topological polar surface area (TPSA) is 15.3 Å². The van der Waals surface area contributed by atoms with Crippen LogP contribution in [0, 0.1) is 5.92 Å². The third-order valence-electron chi connectivity index (χ3n) is 4.59. The first kappa shape index (κ1) is 13.4. The zero-order chi connectivity index (χ0) is 11.9. The van der Waals surface area contributed by atoms with E-state index >= 15 is 0 Å². The van der Waals surface area contributed by atoms with Crippen molar-refractivity contribution in [2.24, 2.45) is 5.92 Å². The normalized spacial score (nSPS) is 30.9. The zero-order valence-corrected chi connectivity index (χ0v) is 11.6. The smallest absolute Gasteiger partial charge is 0.00951 e. The van der Waals surface area contributed by atoms with Gasteiger partial charge in [-0.1, -0.05) is 19.8 Å². The Morgan fingerprint density at radius 3 is 2.88 bits per heavy atom. The summed E-state index contributed by atoms with van der Waals surface area (Å²) in [6.07, 6.45) is 11.4. The Kier molecular flexibility index (Phi) is 5.79. The second-order valence-corrected chi connectivity index (χ2v) is 5.98. The van der Waals surface area contributed by atoms with Gasteiger partial charge in [0.1, 0.15) is 0 Å². The molecule has 0 aromatic heterocycles. The lowest BCUT2D eigenvalue weighted by molar-refractivity contribution is 0.135. The van der Waals surface area contributed by atoms with E-state index in [4.69, 9.17) is 0 Å². The lowest BCUT2D eigenvalue weighted by Gasteiger charge is -2.36. The molecule has 0 aliphatic carbocycles. The van der Waals surface area contributed by atoms with Crippen molar-refractivity contribution in [3.63, 3.8) is 0 Å². The molecule has 0 radical (unpaired) electrons. The van der Waals surface area contributed by atoms with Crippen molar-refractivity contribution < 1.29 is 0 Å². The lowest BCUT2D eigenvalue weighted by Crippen LogP contribution is -2.40. The van der Waals surface area contributed by atoms with Gasteiger partial charge in [0.05, 0.1) is 0 Å². The van der Waals surface area contributed by atoms with Crippen molar-refractivity contribution >= 4 is 0 Å². The average molecular weight is 238 g/mol. The van der Waals surface area contributed by atoms with E-state index in [0.29, 0.717) is 0 Å². The predicted octanol–water partition coefficient (Wildman–Crippen LogP) is 3.03. The monoisotopic (exact) mass is 238 g/mol. The molecule has 2 unspecified atom stereocenters. The zero-order valence-electron chi connectivity index (χ0n) is 11.6. The second kappa shape index (κ2) is 7.38. The Hall–Kier alpha value is -0.0800. The molecular formula is C15H30N2. The van der Waals surface area contributed by atoms with Crippen molar-refractivity contribution in [3.05, 3.63) is 0 Å². The summed E-state index contributed by atoms with van der Waals surface area (Å²) in [6.45, 7) is 7.59. The maximum absolute atomic E-state index is 3.48. The van der Waals surface area contributed by atoms with Crippen LogP contribution in [0.15, 0.2) is 0 Å². The first-order valence-corrected chi connectivity index (χ1v) is 7.85. The third kappa shape index (κ3) is 4.26. The fraction of sp³-hybridized carbons (Fsp3) is 1.00. The molecule has 2 aliphatic rings. The fourth-order valence-electron chi connectivity index (χ4n) is 3.56. The highest BCUT2D eigenvalue weighted by Gasteiger charge is 2.21. The van der Waals surface area contributed by atoms with Crippen molar-refractivity contribution in [3.8, 4) is 0 Å². The number of hydrogen-bond donors (Lipinski definition) is 1. The van der Waals surface area contributed by atoms with Gasteiger partial charge in [-0.25, -0.2) is 0 Å². The van der Waals surface area contributed by atoms with Crippen LogP contribution in [0.5, 0.6) is 0 Å². The minimum atomic E-state index is 0.912. The summed E-state index contributed by atoms with van der Waals surface area (Å²) in [4.78, 5) is 2.79. The van der Waals surface area contributed by atoms with Crippen molar-refractivity contribution in [1.29, 1.82) is 0 Å². The Morgan fingerprint density at radius 1 is 1.18 bits per heavy atom. The Balaban J connectivity index is 1.64. The van der Waals surface area contributed by atoms with Gasteiger partial charge in [-0.3, -0.25) is 0 Å². The molecule has 2 rings (SSSR count). The largest absolute Gasteiger partial charge is 0.316 e. The highest BCUT2D eigenvalue weighted by molar-refractivity contribution is 4.77. The Bertz CT molecular complexity index is 197. The first-order valence-electron chi connectivity index (χ1n) is 7.85. The summed E-state index contributed by atoms with van der Waals surface area (Å²) in [5, 5.41) is 3.48. The Morgan fingerprint density at radius 2 is 2.12 bits per heavy atom. The van der Waals surface area contributed by atoms with Gasteiger partial charge in [-0.15, -0.1) is 0 Å². The van der Waals surface area contributed by atoms with Crippen LogP contribution in [-0.2, 0) is 0 Å². The van der Waals surface area contributed by atoms with Crippen molar-refractivity contribution in [1.82, 2.24) is 10.2 Å². The van der Waals surface area contributed by atoms with Crippen LogP contribution in [0.4, 0.5) is 0 Å². The van der Waals surface area contributed by atoms with Gasteiger partial charge in [0.25, 0.3) is 0 Å². The molecule has 0 amide bonds. The van der Waals surface area contributed by atoms with Gasteiger partial charge in [0.2, 0.25) is 0 Å². The number of hydrogen-bond acceptors (Lipinski definition) is 2. The van der Waals surface area contributed by atoms with E-state index in [0.717, 1.165) is 12.0 Å². The molecule has 0 spiro atoms. The van der Waals surface area contributed by atoms with Gasteiger partial charge >= 0.3 is 0 Å². The number of nitrogens with zero attached hydrogens (tertiary/aromatic N) is 1. The van der Waals surface area contributed by atoms with E-state index < -0.39 is 0 Å². The Labute approximate surface area is 107 Å². The molecular weight excluding hydrogens is 208 g/mol. The quantitative estimate of drug-likeness (QED) is 0.765. The molecule has 0 bridgehead atoms. The number of rotatable bonds is 6. The van der Waals surface area contributed by atoms with Crippen LogP contribution in [0.1, 0.15) is 58.3 Å². The van der Waals surface area contributed by atoms with Crippen molar-refractivity contribution in [2.45, 2.75) is 64.3 Å². The molecule has 2 aliphatic heterocycles. The lowest BCUT2D eigenvalue weighted by atomic mass is 9.97. The van der Waals surface area contributed by atoms with Gasteiger partial charge in [-0.2, -0.15) is 0 Å². The maximum atomic E-state index is 3.48. The van der Waals surface area contributed by atoms with Crippen LogP contribution in [0.2, 0.25) is 0 Å². The van der Waals surface area contributed by atoms with Gasteiger partial charge in [-0.05, 0) is 70.6 Å². The summed E-state index contributed by atoms with van der Waals surface area (Å²) in [5.41, 5.74) is 0. The van der Waals surface area contributed by atoms with Gasteiger partial charge in [0.15, 0.2) is 0 Å². The van der Waals surface area contributed by atoms with Crippen LogP contribution in [-0.4, -0.2) is 37.1 Å². The number of nitrogens with one attached hydrogen (secondary N) is 1. The van der Waals surface area contributed by atoms with Gasteiger partial charge < -0.3 is 10.2 Å². The minimum absolute atomic E-state index is 0.912. The van der Waals surface area contributed by atoms with E-state index in [2.05, 4.69) is 17.1 Å². The van der Waals surface area contributed by atoms with Crippen LogP contribution in [0.25, 0.3) is 0 Å². The van der Waals surface area contributed by atoms with Crippen LogP contribution in [0.3, 0.4) is 0 Å². The summed E-state index contributed by atoms with van der Waals surface area (Å²) in [5.74, 6) is 0.976. The molecule has 2 atom stereocenters. The molecule has 17 heavy (non-hydrogen) atoms. The maximum Gasteiger partial charge on any atom is 0.00951 e. The van der Waals surface area contributed by atoms with E-state index in [-0.39, 0.29) is 0 Å². The molecule has 2 fully saturated rings. The summed E-state index contributed by atoms with van der Waals surface area (Å²) < 4.78 is 0. The molecule has 2 heterocycles. The molecule has 0 aromatic carbocycles. The summed E-state index contributed by atoms with van der Waals surface area (Å²) in [7, 11) is 0. The minimum Gasteiger partial charge on any atom is -0.316 e. The predicted molar refractivity (Wildman–Crippen MR) is 74.3 cm³/mol. The third-order valence-corrected chi connectivity index (χ3v) is 4.59. The van der Waals surface area contributed by atoms with E-state index in [9.17, 15) is 0 Å². The molecule has 2 heteroatoms. The molecule has 2 saturated heterocycles. The highest BCUT2D eigenvalue weighted by atomic mass is 15.2. The molecule has 0 aromatic rings. The van der Waals surface area contributed by atoms with Gasteiger partial charge in [0, 0.05) is 6.04 Å². The standard InChI is InChI=1S/C15H30N2/c1-2-6-15-8-3-4-11-17(15)12-5-7-14-9-10-16-13-14/h14-16H,2-13H2,1H3. The summed E-state index contributed by atoms with van der Waals surface area (Å²) >= 11 is 0. The van der Waals surface area contributed by atoms with E-state index in [1.165, 1.54) is 77.5 Å². The SMILES string of the molecule is CCCC1CCCCN1CCCC1CCNC1. The fourth-order valence-corrected chi connectivity index (χ4v) is 3.56. The van der Waals surface area contributed by atoms with Crippen LogP contribution >= 0.6 is 0 Å². The molecule has 100 valence electrons.